The van der Waals surface area contributed by atoms with Crippen LogP contribution in [0.5, 0.6) is 0 Å². The van der Waals surface area contributed by atoms with Crippen LogP contribution in [0.25, 0.3) is 0 Å². The summed E-state index contributed by atoms with van der Waals surface area (Å²) in [6, 6.07) is 0. The Bertz CT molecular complexity index is 316. The van der Waals surface area contributed by atoms with Crippen LogP contribution in [0.1, 0.15) is 77.0 Å². The molecule has 5 nitrogen and oxygen atoms in total. The summed E-state index contributed by atoms with van der Waals surface area (Å²) in [6.07, 6.45) is 11.5. The van der Waals surface area contributed by atoms with Gasteiger partial charge < -0.3 is 14.2 Å². The Morgan fingerprint density at radius 2 is 1.41 bits per heavy atom. The van der Waals surface area contributed by atoms with E-state index in [9.17, 15) is 9.59 Å². The van der Waals surface area contributed by atoms with Crippen molar-refractivity contribution >= 4 is 12.1 Å². The molecule has 1 fully saturated rings. The van der Waals surface area contributed by atoms with E-state index in [1.54, 1.807) is 0 Å². The molecule has 1 saturated heterocycles. The SMILES string of the molecule is COC(=O)OC1CCCCCCCCCCCCCOC1=O. The smallest absolute Gasteiger partial charge is 0.463 e. The van der Waals surface area contributed by atoms with Gasteiger partial charge in [0.2, 0.25) is 6.10 Å². The van der Waals surface area contributed by atoms with Crippen molar-refractivity contribution < 1.29 is 23.8 Å². The van der Waals surface area contributed by atoms with E-state index in [0.717, 1.165) is 25.7 Å². The Balaban J connectivity index is 2.43. The summed E-state index contributed by atoms with van der Waals surface area (Å²) in [7, 11) is 1.24. The Hall–Kier alpha value is -1.26. The molecule has 0 bridgehead atoms. The molecule has 0 aliphatic carbocycles. The number of esters is 1. The molecule has 0 amide bonds. The molecule has 1 unspecified atom stereocenters. The third-order valence-electron chi connectivity index (χ3n) is 4.02. The maximum Gasteiger partial charge on any atom is 0.508 e. The number of carbonyl (C=O) groups excluding carboxylic acids is 2. The first-order chi connectivity index (χ1) is 10.7. The average molecular weight is 314 g/mol. The second-order valence-electron chi connectivity index (χ2n) is 5.91. The van der Waals surface area contributed by atoms with Crippen molar-refractivity contribution in [3.63, 3.8) is 0 Å². The highest BCUT2D eigenvalue weighted by molar-refractivity contribution is 5.77. The Kier molecular flexibility index (Phi) is 10.5. The van der Waals surface area contributed by atoms with Gasteiger partial charge in [-0.1, -0.05) is 57.8 Å². The predicted octanol–water partition coefficient (Wildman–Crippen LogP) is 4.38. The van der Waals surface area contributed by atoms with Crippen LogP contribution in [0.2, 0.25) is 0 Å². The molecule has 1 rings (SSSR count). The molecule has 128 valence electrons. The third-order valence-corrected chi connectivity index (χ3v) is 4.02. The molecule has 1 aliphatic rings. The summed E-state index contributed by atoms with van der Waals surface area (Å²) < 4.78 is 14.7. The molecular weight excluding hydrogens is 284 g/mol. The summed E-state index contributed by atoms with van der Waals surface area (Å²) in [5, 5.41) is 0. The molecule has 1 atom stereocenters. The lowest BCUT2D eigenvalue weighted by Gasteiger charge is -2.16. The minimum absolute atomic E-state index is 0.403. The first kappa shape index (κ1) is 18.8. The lowest BCUT2D eigenvalue weighted by Crippen LogP contribution is -2.29. The van der Waals surface area contributed by atoms with Crippen LogP contribution < -0.4 is 0 Å². The zero-order valence-electron chi connectivity index (χ0n) is 13.8. The van der Waals surface area contributed by atoms with Crippen molar-refractivity contribution in [1.29, 1.82) is 0 Å². The predicted molar refractivity (Wildman–Crippen MR) is 83.6 cm³/mol. The van der Waals surface area contributed by atoms with Crippen LogP contribution in [0.3, 0.4) is 0 Å². The van der Waals surface area contributed by atoms with E-state index in [1.165, 1.54) is 52.1 Å². The van der Waals surface area contributed by atoms with Crippen LogP contribution >= 0.6 is 0 Å². The number of rotatable bonds is 1. The maximum absolute atomic E-state index is 12.0. The van der Waals surface area contributed by atoms with Gasteiger partial charge in [-0.25, -0.2) is 9.59 Å². The monoisotopic (exact) mass is 314 g/mol. The van der Waals surface area contributed by atoms with Crippen molar-refractivity contribution in [3.8, 4) is 0 Å². The number of cyclic esters (lactones) is 1. The Morgan fingerprint density at radius 3 is 1.95 bits per heavy atom. The van der Waals surface area contributed by atoms with Crippen LogP contribution in [0.15, 0.2) is 0 Å². The Morgan fingerprint density at radius 1 is 0.909 bits per heavy atom. The van der Waals surface area contributed by atoms with E-state index in [0.29, 0.717) is 13.0 Å². The zero-order valence-corrected chi connectivity index (χ0v) is 13.8. The summed E-state index contributed by atoms with van der Waals surface area (Å²) in [4.78, 5) is 23.2. The van der Waals surface area contributed by atoms with Crippen molar-refractivity contribution in [2.45, 2.75) is 83.2 Å². The molecule has 0 spiro atoms. The minimum Gasteiger partial charge on any atom is -0.463 e. The van der Waals surface area contributed by atoms with Crippen LogP contribution in [-0.4, -0.2) is 31.9 Å². The van der Waals surface area contributed by atoms with E-state index in [1.807, 2.05) is 0 Å². The van der Waals surface area contributed by atoms with Gasteiger partial charge in [0, 0.05) is 0 Å². The Labute approximate surface area is 133 Å². The van der Waals surface area contributed by atoms with Gasteiger partial charge in [0.1, 0.15) is 0 Å². The molecule has 0 aromatic rings. The fourth-order valence-corrected chi connectivity index (χ4v) is 2.68. The van der Waals surface area contributed by atoms with Gasteiger partial charge in [0.05, 0.1) is 13.7 Å². The van der Waals surface area contributed by atoms with E-state index in [2.05, 4.69) is 4.74 Å². The molecule has 0 radical (unpaired) electrons. The van der Waals surface area contributed by atoms with Gasteiger partial charge >= 0.3 is 12.1 Å². The van der Waals surface area contributed by atoms with Crippen LogP contribution in [0.4, 0.5) is 4.79 Å². The van der Waals surface area contributed by atoms with E-state index in [-0.39, 0.29) is 0 Å². The quantitative estimate of drug-likeness (QED) is 0.672. The van der Waals surface area contributed by atoms with Gasteiger partial charge in [0.15, 0.2) is 0 Å². The standard InChI is InChI=1S/C17H30O5/c1-20-17(19)22-15-13-11-9-7-5-3-2-4-6-8-10-12-14-21-16(15)18/h15H,2-14H2,1H3. The largest absolute Gasteiger partial charge is 0.508 e. The van der Waals surface area contributed by atoms with Gasteiger partial charge in [-0.05, 0) is 19.3 Å². The summed E-state index contributed by atoms with van der Waals surface area (Å²) in [5.74, 6) is -0.447. The zero-order chi connectivity index (χ0) is 16.0. The molecule has 0 saturated carbocycles. The van der Waals surface area contributed by atoms with Crippen molar-refractivity contribution in [2.24, 2.45) is 0 Å². The van der Waals surface area contributed by atoms with E-state index >= 15 is 0 Å². The van der Waals surface area contributed by atoms with E-state index in [4.69, 9.17) is 9.47 Å². The topological polar surface area (TPSA) is 61.8 Å². The molecule has 1 heterocycles. The van der Waals surface area contributed by atoms with Crippen molar-refractivity contribution in [2.75, 3.05) is 13.7 Å². The van der Waals surface area contributed by atoms with Gasteiger partial charge in [0.25, 0.3) is 0 Å². The maximum atomic E-state index is 12.0. The molecule has 0 N–H and O–H groups in total. The number of methoxy groups -OCH3 is 1. The lowest BCUT2D eigenvalue weighted by atomic mass is 10.0. The molecule has 1 aliphatic heterocycles. The number of hydrogen-bond acceptors (Lipinski definition) is 5. The van der Waals surface area contributed by atoms with Crippen molar-refractivity contribution in [3.05, 3.63) is 0 Å². The second kappa shape index (κ2) is 12.3. The van der Waals surface area contributed by atoms with Crippen molar-refractivity contribution in [1.82, 2.24) is 0 Å². The fourth-order valence-electron chi connectivity index (χ4n) is 2.68. The highest BCUT2D eigenvalue weighted by Gasteiger charge is 2.24. The number of hydrogen-bond donors (Lipinski definition) is 0. The molecule has 22 heavy (non-hydrogen) atoms. The second-order valence-corrected chi connectivity index (χ2v) is 5.91. The number of ether oxygens (including phenoxy) is 3. The van der Waals surface area contributed by atoms with E-state index < -0.39 is 18.2 Å². The van der Waals surface area contributed by atoms with Gasteiger partial charge in [-0.2, -0.15) is 0 Å². The third kappa shape index (κ3) is 8.90. The van der Waals surface area contributed by atoms with Crippen LogP contribution in [0, 0.1) is 0 Å². The van der Waals surface area contributed by atoms with Gasteiger partial charge in [-0.15, -0.1) is 0 Å². The molecule has 5 heteroatoms. The molecule has 0 aromatic heterocycles. The summed E-state index contributed by atoms with van der Waals surface area (Å²) in [5.41, 5.74) is 0. The van der Waals surface area contributed by atoms with Gasteiger partial charge in [-0.3, -0.25) is 0 Å². The molecule has 0 aromatic carbocycles. The summed E-state index contributed by atoms with van der Waals surface area (Å²) >= 11 is 0. The van der Waals surface area contributed by atoms with Crippen LogP contribution in [-0.2, 0) is 19.0 Å². The number of carbonyl (C=O) groups is 2. The highest BCUT2D eigenvalue weighted by Crippen LogP contribution is 2.15. The normalized spacial score (nSPS) is 23.3. The first-order valence-electron chi connectivity index (χ1n) is 8.65. The lowest BCUT2D eigenvalue weighted by molar-refractivity contribution is -0.155. The minimum atomic E-state index is -0.833. The summed E-state index contributed by atoms with van der Waals surface area (Å²) in [6.45, 7) is 0.403. The average Bonchev–Trinajstić information content (AvgIpc) is 2.52. The molecular formula is C17H30O5. The fraction of sp³-hybridized carbons (Fsp3) is 0.882. The first-order valence-corrected chi connectivity index (χ1v) is 8.65. The highest BCUT2D eigenvalue weighted by atomic mass is 16.7.